The molecule has 1 aliphatic carbocycles. The Hall–Kier alpha value is -1.91. The lowest BCUT2D eigenvalue weighted by molar-refractivity contribution is -0.137. The molecule has 1 aromatic rings. The quantitative estimate of drug-likeness (QED) is 0.817. The van der Waals surface area contributed by atoms with Crippen molar-refractivity contribution in [2.24, 2.45) is 5.92 Å². The monoisotopic (exact) mass is 308 g/mol. The topological polar surface area (TPSA) is 98.5 Å². The Morgan fingerprint density at radius 1 is 1.33 bits per heavy atom. The number of benzene rings is 1. The lowest BCUT2D eigenvalue weighted by Gasteiger charge is -2.20. The average Bonchev–Trinajstić information content (AvgIpc) is 3.22. The van der Waals surface area contributed by atoms with Crippen molar-refractivity contribution in [2.75, 3.05) is 13.1 Å². The molecule has 21 heavy (non-hydrogen) atoms. The van der Waals surface area contributed by atoms with Gasteiger partial charge in [-0.2, -0.15) is 9.57 Å². The Morgan fingerprint density at radius 2 is 1.95 bits per heavy atom. The van der Waals surface area contributed by atoms with E-state index in [9.17, 15) is 13.2 Å². The van der Waals surface area contributed by atoms with Gasteiger partial charge in [0.1, 0.15) is 6.54 Å². The summed E-state index contributed by atoms with van der Waals surface area (Å²) in [6.07, 6.45) is 2.08. The van der Waals surface area contributed by atoms with Crippen LogP contribution in [0.5, 0.6) is 0 Å². The van der Waals surface area contributed by atoms with Crippen molar-refractivity contribution in [3.8, 4) is 6.07 Å². The van der Waals surface area contributed by atoms with E-state index in [0.29, 0.717) is 0 Å². The van der Waals surface area contributed by atoms with E-state index in [1.165, 1.54) is 12.1 Å². The number of rotatable bonds is 7. The maximum Gasteiger partial charge on any atom is 0.318 e. The van der Waals surface area contributed by atoms with Crippen LogP contribution in [-0.4, -0.2) is 36.9 Å². The summed E-state index contributed by atoms with van der Waals surface area (Å²) in [4.78, 5) is 10.9. The van der Waals surface area contributed by atoms with Crippen LogP contribution in [0, 0.1) is 17.2 Å². The number of carbonyl (C=O) groups is 1. The van der Waals surface area contributed by atoms with E-state index in [1.807, 2.05) is 6.07 Å². The van der Waals surface area contributed by atoms with Crippen LogP contribution in [0.2, 0.25) is 0 Å². The van der Waals surface area contributed by atoms with Crippen LogP contribution < -0.4 is 0 Å². The van der Waals surface area contributed by atoms with E-state index in [4.69, 9.17) is 10.4 Å². The van der Waals surface area contributed by atoms with Gasteiger partial charge in [0.15, 0.2) is 0 Å². The van der Waals surface area contributed by atoms with Crippen LogP contribution in [0.1, 0.15) is 18.4 Å². The summed E-state index contributed by atoms with van der Waals surface area (Å²) in [5, 5.41) is 17.5. The van der Waals surface area contributed by atoms with Gasteiger partial charge in [0.25, 0.3) is 0 Å². The summed E-state index contributed by atoms with van der Waals surface area (Å²) < 4.78 is 26.0. The molecule has 1 aliphatic rings. The Morgan fingerprint density at radius 3 is 2.43 bits per heavy atom. The summed E-state index contributed by atoms with van der Waals surface area (Å²) in [5.41, 5.74) is 0.725. The molecule has 0 saturated heterocycles. The highest BCUT2D eigenvalue weighted by Gasteiger charge is 2.32. The van der Waals surface area contributed by atoms with Crippen molar-refractivity contribution in [1.82, 2.24) is 4.31 Å². The highest BCUT2D eigenvalue weighted by Crippen LogP contribution is 2.31. The largest absolute Gasteiger partial charge is 0.480 e. The zero-order chi connectivity index (χ0) is 15.5. The molecule has 7 heteroatoms. The molecule has 2 rings (SSSR count). The van der Waals surface area contributed by atoms with Crippen molar-refractivity contribution in [3.63, 3.8) is 0 Å². The van der Waals surface area contributed by atoms with Gasteiger partial charge in [-0.1, -0.05) is 12.1 Å². The number of hydrogen-bond acceptors (Lipinski definition) is 4. The average molecular weight is 308 g/mol. The predicted octanol–water partition coefficient (Wildman–Crippen LogP) is 1.24. The van der Waals surface area contributed by atoms with Crippen molar-refractivity contribution < 1.29 is 18.3 Å². The van der Waals surface area contributed by atoms with Gasteiger partial charge in [-0.15, -0.1) is 0 Å². The van der Waals surface area contributed by atoms with Gasteiger partial charge in [0, 0.05) is 6.54 Å². The molecule has 0 spiro atoms. The maximum atomic E-state index is 12.5. The third-order valence-corrected chi connectivity index (χ3v) is 5.14. The lowest BCUT2D eigenvalue weighted by atomic mass is 10.2. The number of sulfonamides is 1. The van der Waals surface area contributed by atoms with Crippen molar-refractivity contribution in [3.05, 3.63) is 29.8 Å². The molecule has 112 valence electrons. The molecule has 0 heterocycles. The van der Waals surface area contributed by atoms with Crippen molar-refractivity contribution in [1.29, 1.82) is 5.26 Å². The molecule has 1 fully saturated rings. The van der Waals surface area contributed by atoms with E-state index in [-0.39, 0.29) is 23.8 Å². The van der Waals surface area contributed by atoms with E-state index >= 15 is 0 Å². The van der Waals surface area contributed by atoms with Crippen molar-refractivity contribution >= 4 is 16.0 Å². The van der Waals surface area contributed by atoms with Crippen LogP contribution >= 0.6 is 0 Å². The van der Waals surface area contributed by atoms with Gasteiger partial charge in [0.05, 0.1) is 17.4 Å². The fourth-order valence-electron chi connectivity index (χ4n) is 2.01. The van der Waals surface area contributed by atoms with E-state index < -0.39 is 22.5 Å². The molecule has 1 N–H and O–H groups in total. The van der Waals surface area contributed by atoms with Crippen molar-refractivity contribution in [2.45, 2.75) is 24.2 Å². The number of aliphatic carboxylic acids is 1. The smallest absolute Gasteiger partial charge is 0.318 e. The normalized spacial score (nSPS) is 14.9. The second-order valence-electron chi connectivity index (χ2n) is 5.11. The minimum absolute atomic E-state index is 0.0612. The van der Waals surface area contributed by atoms with Crippen LogP contribution in [-0.2, 0) is 21.2 Å². The molecule has 0 aromatic heterocycles. The van der Waals surface area contributed by atoms with Gasteiger partial charge in [-0.05, 0) is 36.5 Å². The van der Waals surface area contributed by atoms with Gasteiger partial charge < -0.3 is 5.11 Å². The third-order valence-electron chi connectivity index (χ3n) is 3.31. The first kappa shape index (κ1) is 15.5. The predicted molar refractivity (Wildman–Crippen MR) is 74.9 cm³/mol. The summed E-state index contributed by atoms with van der Waals surface area (Å²) in [5.74, 6) is -0.905. The zero-order valence-electron chi connectivity index (χ0n) is 11.4. The molecule has 1 aromatic carbocycles. The minimum Gasteiger partial charge on any atom is -0.480 e. The van der Waals surface area contributed by atoms with Crippen LogP contribution in [0.4, 0.5) is 0 Å². The SMILES string of the molecule is N#CCc1ccc(S(=O)(=O)N(CC(=O)O)CC2CC2)cc1. The molecule has 0 amide bonds. The molecule has 0 bridgehead atoms. The fraction of sp³-hybridized carbons (Fsp3) is 0.429. The summed E-state index contributed by atoms with van der Waals surface area (Å²) in [6.45, 7) is -0.284. The highest BCUT2D eigenvalue weighted by molar-refractivity contribution is 7.89. The zero-order valence-corrected chi connectivity index (χ0v) is 12.2. The minimum atomic E-state index is -3.81. The number of nitriles is 1. The summed E-state index contributed by atoms with van der Waals surface area (Å²) >= 11 is 0. The van der Waals surface area contributed by atoms with Gasteiger partial charge in [-0.3, -0.25) is 4.79 Å². The summed E-state index contributed by atoms with van der Waals surface area (Å²) in [7, 11) is -3.81. The van der Waals surface area contributed by atoms with E-state index in [2.05, 4.69) is 0 Å². The molecule has 0 aliphatic heterocycles. The molecule has 1 saturated carbocycles. The third kappa shape index (κ3) is 4.03. The fourth-order valence-corrected chi connectivity index (χ4v) is 3.47. The first-order chi connectivity index (χ1) is 9.93. The Kier molecular flexibility index (Phi) is 4.60. The van der Waals surface area contributed by atoms with E-state index in [0.717, 1.165) is 22.7 Å². The van der Waals surface area contributed by atoms with Gasteiger partial charge in [0.2, 0.25) is 10.0 Å². The Bertz CT molecular complexity index is 657. The maximum absolute atomic E-state index is 12.5. The van der Waals surface area contributed by atoms with Crippen LogP contribution in [0.15, 0.2) is 29.2 Å². The van der Waals surface area contributed by atoms with Gasteiger partial charge >= 0.3 is 5.97 Å². The number of hydrogen-bond donors (Lipinski definition) is 1. The standard InChI is InChI=1S/C14H16N2O4S/c15-8-7-11-3-5-13(6-4-11)21(19,20)16(10-14(17)18)9-12-1-2-12/h3-6,12H,1-2,7,9-10H2,(H,17,18). The second kappa shape index (κ2) is 6.24. The van der Waals surface area contributed by atoms with E-state index in [1.54, 1.807) is 12.1 Å². The lowest BCUT2D eigenvalue weighted by Crippen LogP contribution is -2.37. The number of carboxylic acids is 1. The molecule has 0 unspecified atom stereocenters. The Balaban J connectivity index is 2.23. The first-order valence-corrected chi connectivity index (χ1v) is 8.05. The second-order valence-corrected chi connectivity index (χ2v) is 7.05. The number of nitrogens with zero attached hydrogens (tertiary/aromatic N) is 2. The molecular weight excluding hydrogens is 292 g/mol. The van der Waals surface area contributed by atoms with Crippen LogP contribution in [0.25, 0.3) is 0 Å². The molecule has 6 nitrogen and oxygen atoms in total. The van der Waals surface area contributed by atoms with Gasteiger partial charge in [-0.25, -0.2) is 8.42 Å². The summed E-state index contributed by atoms with van der Waals surface area (Å²) in [6, 6.07) is 7.98. The number of carboxylic acid groups (broad SMARTS) is 1. The molecule has 0 atom stereocenters. The van der Waals surface area contributed by atoms with Crippen LogP contribution in [0.3, 0.4) is 0 Å². The first-order valence-electron chi connectivity index (χ1n) is 6.61. The molecular formula is C14H16N2O4S. The highest BCUT2D eigenvalue weighted by atomic mass is 32.2. The Labute approximate surface area is 123 Å². The molecule has 0 radical (unpaired) electrons.